The quantitative estimate of drug-likeness (QED) is 0.509. The minimum Gasteiger partial charge on any atom is -0.465 e. The van der Waals surface area contributed by atoms with E-state index in [0.717, 1.165) is 33.2 Å². The van der Waals surface area contributed by atoms with E-state index in [1.807, 2.05) is 37.8 Å². The third-order valence-electron chi connectivity index (χ3n) is 5.87. The number of benzene rings is 2. The summed E-state index contributed by atoms with van der Waals surface area (Å²) in [7, 11) is 1.35. The van der Waals surface area contributed by atoms with Crippen LogP contribution in [0, 0.1) is 0 Å². The molecule has 0 atom stereocenters. The van der Waals surface area contributed by atoms with Crippen molar-refractivity contribution in [3.63, 3.8) is 0 Å². The number of methoxy groups -OCH3 is 1. The van der Waals surface area contributed by atoms with Crippen LogP contribution in [0.5, 0.6) is 0 Å². The Morgan fingerprint density at radius 1 is 1.20 bits per heavy atom. The molecule has 8 nitrogen and oxygen atoms in total. The van der Waals surface area contributed by atoms with Crippen LogP contribution in [-0.4, -0.2) is 45.7 Å². The highest BCUT2D eigenvalue weighted by Gasteiger charge is 2.43. The monoisotopic (exact) mass is 403 g/mol. The highest BCUT2D eigenvalue weighted by atomic mass is 16.5. The number of hydrogen-bond acceptors (Lipinski definition) is 5. The number of carbonyl (C=O) groups is 2. The normalized spacial score (nSPS) is 15.2. The van der Waals surface area contributed by atoms with E-state index in [0.29, 0.717) is 23.6 Å². The number of carbonyl (C=O) groups excluding carboxylic acids is 2. The molecule has 0 fully saturated rings. The number of fused-ring (bicyclic) bond motifs is 3. The van der Waals surface area contributed by atoms with Crippen LogP contribution in [0.2, 0.25) is 0 Å². The second-order valence-corrected chi connectivity index (χ2v) is 7.97. The molecule has 0 radical (unpaired) electrons. The van der Waals surface area contributed by atoms with Gasteiger partial charge in [0.2, 0.25) is 5.91 Å². The van der Waals surface area contributed by atoms with E-state index < -0.39 is 11.4 Å². The molecule has 2 aromatic carbocycles. The Labute approximate surface area is 172 Å². The number of nitrogens with one attached hydrogen (secondary N) is 2. The van der Waals surface area contributed by atoms with Gasteiger partial charge >= 0.3 is 5.97 Å². The number of ether oxygens (including phenoxy) is 1. The zero-order valence-electron chi connectivity index (χ0n) is 17.2. The Morgan fingerprint density at radius 2 is 2.00 bits per heavy atom. The van der Waals surface area contributed by atoms with Crippen molar-refractivity contribution in [1.29, 1.82) is 0 Å². The van der Waals surface area contributed by atoms with Gasteiger partial charge in [-0.15, -0.1) is 0 Å². The first-order chi connectivity index (χ1) is 14.3. The zero-order chi connectivity index (χ0) is 21.2. The largest absolute Gasteiger partial charge is 0.465 e. The summed E-state index contributed by atoms with van der Waals surface area (Å²) >= 11 is 0. The first-order valence-electron chi connectivity index (χ1n) is 9.78. The highest BCUT2D eigenvalue weighted by molar-refractivity contribution is 6.09. The number of hydrogen-bond donors (Lipinski definition) is 2. The molecule has 1 amide bonds. The van der Waals surface area contributed by atoms with Gasteiger partial charge in [0.05, 0.1) is 40.3 Å². The summed E-state index contributed by atoms with van der Waals surface area (Å²) in [5, 5.41) is 8.16. The number of likely N-dealkylation sites (N-methyl/N-ethyl adjacent to an activating group) is 1. The van der Waals surface area contributed by atoms with Crippen LogP contribution < -0.4 is 4.90 Å². The van der Waals surface area contributed by atoms with Gasteiger partial charge in [0, 0.05) is 11.9 Å². The summed E-state index contributed by atoms with van der Waals surface area (Å²) in [6.45, 7) is 6.47. The van der Waals surface area contributed by atoms with E-state index in [4.69, 9.17) is 9.72 Å². The van der Waals surface area contributed by atoms with E-state index in [9.17, 15) is 9.59 Å². The fourth-order valence-corrected chi connectivity index (χ4v) is 4.20. The number of H-pyrrole nitrogens is 2. The topological polar surface area (TPSA) is 104 Å². The van der Waals surface area contributed by atoms with Gasteiger partial charge in [-0.05, 0) is 56.7 Å². The number of amides is 1. The standard InChI is InChI=1S/C22H21N5O3/c1-5-27-17-10-16-15(9-13(17)22(2,3)21(27)29)23-19(24-16)18-12-8-11(20(28)30-4)6-7-14(12)25-26-18/h6-10H,5H2,1-4H3,(H,23,24)(H,25,26). The molecule has 30 heavy (non-hydrogen) atoms. The lowest BCUT2D eigenvalue weighted by molar-refractivity contribution is -0.122. The van der Waals surface area contributed by atoms with Gasteiger partial charge in [0.15, 0.2) is 5.82 Å². The van der Waals surface area contributed by atoms with Gasteiger partial charge < -0.3 is 14.6 Å². The second kappa shape index (κ2) is 6.16. The van der Waals surface area contributed by atoms with Crippen molar-refractivity contribution in [3.05, 3.63) is 41.5 Å². The number of anilines is 1. The van der Waals surface area contributed by atoms with Crippen molar-refractivity contribution >= 4 is 39.5 Å². The van der Waals surface area contributed by atoms with E-state index in [2.05, 4.69) is 15.2 Å². The fourth-order valence-electron chi connectivity index (χ4n) is 4.20. The molecule has 0 saturated heterocycles. The number of aromatic amines is 2. The summed E-state index contributed by atoms with van der Waals surface area (Å²) in [5.74, 6) is 0.285. The maximum Gasteiger partial charge on any atom is 0.337 e. The molecule has 0 aliphatic carbocycles. The number of aromatic nitrogens is 4. The lowest BCUT2D eigenvalue weighted by atomic mass is 9.86. The van der Waals surface area contributed by atoms with Gasteiger partial charge in [0.1, 0.15) is 5.69 Å². The predicted molar refractivity (Wildman–Crippen MR) is 114 cm³/mol. The number of esters is 1. The number of rotatable bonds is 3. The van der Waals surface area contributed by atoms with Crippen LogP contribution in [-0.2, 0) is 14.9 Å². The lowest BCUT2D eigenvalue weighted by Crippen LogP contribution is -2.35. The summed E-state index contributed by atoms with van der Waals surface area (Å²) in [4.78, 5) is 34.6. The Balaban J connectivity index is 1.67. The lowest BCUT2D eigenvalue weighted by Gasteiger charge is -2.18. The molecule has 2 N–H and O–H groups in total. The Morgan fingerprint density at radius 3 is 2.73 bits per heavy atom. The van der Waals surface area contributed by atoms with E-state index in [1.54, 1.807) is 18.2 Å². The first-order valence-corrected chi connectivity index (χ1v) is 9.78. The van der Waals surface area contributed by atoms with Crippen molar-refractivity contribution in [1.82, 2.24) is 20.2 Å². The van der Waals surface area contributed by atoms with Crippen LogP contribution >= 0.6 is 0 Å². The van der Waals surface area contributed by atoms with Crippen LogP contribution in [0.1, 0.15) is 36.7 Å². The van der Waals surface area contributed by atoms with Crippen molar-refractivity contribution in [3.8, 4) is 11.5 Å². The van der Waals surface area contributed by atoms with Gasteiger partial charge in [0.25, 0.3) is 0 Å². The molecule has 1 aliphatic rings. The molecule has 2 aromatic heterocycles. The molecule has 0 bridgehead atoms. The van der Waals surface area contributed by atoms with Gasteiger partial charge in [-0.2, -0.15) is 5.10 Å². The maximum absolute atomic E-state index is 12.8. The average molecular weight is 403 g/mol. The first kappa shape index (κ1) is 18.4. The van der Waals surface area contributed by atoms with Crippen molar-refractivity contribution in [2.75, 3.05) is 18.6 Å². The van der Waals surface area contributed by atoms with Gasteiger partial charge in [-0.25, -0.2) is 9.78 Å². The van der Waals surface area contributed by atoms with Gasteiger partial charge in [-0.3, -0.25) is 9.89 Å². The molecule has 152 valence electrons. The zero-order valence-corrected chi connectivity index (χ0v) is 17.2. The van der Waals surface area contributed by atoms with Crippen LogP contribution in [0.25, 0.3) is 33.5 Å². The minimum atomic E-state index is -0.590. The van der Waals surface area contributed by atoms with Crippen LogP contribution in [0.15, 0.2) is 30.3 Å². The third-order valence-corrected chi connectivity index (χ3v) is 5.87. The summed E-state index contributed by atoms with van der Waals surface area (Å²) in [5.41, 5.74) is 4.75. The predicted octanol–water partition coefficient (Wildman–Crippen LogP) is 3.54. The average Bonchev–Trinajstić information content (AvgIpc) is 3.39. The Hall–Kier alpha value is -3.68. The second-order valence-electron chi connectivity index (χ2n) is 7.97. The SMILES string of the molecule is CCN1C(=O)C(C)(C)c2cc3nc(-c4n[nH]c5ccc(C(=O)OC)cc45)[nH]c3cc21. The molecule has 8 heteroatoms. The molecular formula is C22H21N5O3. The van der Waals surface area contributed by atoms with E-state index >= 15 is 0 Å². The van der Waals surface area contributed by atoms with Crippen molar-refractivity contribution < 1.29 is 14.3 Å². The number of nitrogens with zero attached hydrogens (tertiary/aromatic N) is 3. The minimum absolute atomic E-state index is 0.0986. The fraction of sp³-hybridized carbons (Fsp3) is 0.273. The molecule has 1 aliphatic heterocycles. The maximum atomic E-state index is 12.8. The van der Waals surface area contributed by atoms with Gasteiger partial charge in [-0.1, -0.05) is 0 Å². The number of imidazole rings is 1. The third kappa shape index (κ3) is 2.39. The summed E-state index contributed by atoms with van der Waals surface area (Å²) in [6.07, 6.45) is 0. The van der Waals surface area contributed by atoms with E-state index in [-0.39, 0.29) is 5.91 Å². The van der Waals surface area contributed by atoms with Crippen molar-refractivity contribution in [2.24, 2.45) is 0 Å². The summed E-state index contributed by atoms with van der Waals surface area (Å²) in [6, 6.07) is 9.19. The van der Waals surface area contributed by atoms with Crippen LogP contribution in [0.3, 0.4) is 0 Å². The molecular weight excluding hydrogens is 382 g/mol. The molecule has 3 heterocycles. The van der Waals surface area contributed by atoms with E-state index in [1.165, 1.54) is 7.11 Å². The smallest absolute Gasteiger partial charge is 0.337 e. The van der Waals surface area contributed by atoms with Crippen molar-refractivity contribution in [2.45, 2.75) is 26.2 Å². The molecule has 0 unspecified atom stereocenters. The Bertz CT molecular complexity index is 1350. The Kier molecular flexibility index (Phi) is 3.77. The molecule has 0 spiro atoms. The molecule has 0 saturated carbocycles. The summed E-state index contributed by atoms with van der Waals surface area (Å²) < 4.78 is 4.82. The molecule has 5 rings (SSSR count). The highest BCUT2D eigenvalue weighted by Crippen LogP contribution is 2.43. The molecule has 4 aromatic rings. The van der Waals surface area contributed by atoms with Crippen LogP contribution in [0.4, 0.5) is 5.69 Å².